The number of aryl methyl sites for hydroxylation is 1. The van der Waals surface area contributed by atoms with Crippen molar-refractivity contribution >= 4 is 34.8 Å². The summed E-state index contributed by atoms with van der Waals surface area (Å²) in [5, 5.41) is 4.55. The van der Waals surface area contributed by atoms with Gasteiger partial charge in [0.1, 0.15) is 17.5 Å². The van der Waals surface area contributed by atoms with Gasteiger partial charge in [-0.1, -0.05) is 29.3 Å². The fourth-order valence-electron chi connectivity index (χ4n) is 2.05. The van der Waals surface area contributed by atoms with E-state index < -0.39 is 0 Å². The first-order chi connectivity index (χ1) is 9.92. The summed E-state index contributed by atoms with van der Waals surface area (Å²) in [6, 6.07) is 5.40. The Labute approximate surface area is 133 Å². The van der Waals surface area contributed by atoms with E-state index in [1.54, 1.807) is 6.07 Å². The van der Waals surface area contributed by atoms with Gasteiger partial charge in [-0.15, -0.1) is 0 Å². The predicted octanol–water partition coefficient (Wildman–Crippen LogP) is 3.86. The van der Waals surface area contributed by atoms with Crippen molar-refractivity contribution in [2.75, 3.05) is 10.7 Å². The van der Waals surface area contributed by atoms with Crippen molar-refractivity contribution < 1.29 is 0 Å². The molecule has 2 rings (SSSR count). The van der Waals surface area contributed by atoms with Gasteiger partial charge in [-0.2, -0.15) is 0 Å². The summed E-state index contributed by atoms with van der Waals surface area (Å²) in [6.07, 6.45) is 0. The molecule has 0 radical (unpaired) electrons. The average molecular weight is 326 g/mol. The lowest BCUT2D eigenvalue weighted by atomic mass is 10.1. The van der Waals surface area contributed by atoms with Gasteiger partial charge in [-0.3, -0.25) is 0 Å². The molecule has 1 aromatic heterocycles. The van der Waals surface area contributed by atoms with E-state index >= 15 is 0 Å². The lowest BCUT2D eigenvalue weighted by Gasteiger charge is -2.19. The third-order valence-corrected chi connectivity index (χ3v) is 3.74. The van der Waals surface area contributed by atoms with Crippen LogP contribution in [0.15, 0.2) is 18.2 Å². The fraction of sp³-hybridized carbons (Fsp3) is 0.286. The summed E-state index contributed by atoms with van der Waals surface area (Å²) in [6.45, 7) is 5.71. The van der Waals surface area contributed by atoms with Crippen LogP contribution in [0.3, 0.4) is 0 Å². The van der Waals surface area contributed by atoms with E-state index in [1.807, 2.05) is 32.9 Å². The van der Waals surface area contributed by atoms with E-state index in [1.165, 1.54) is 0 Å². The molecule has 1 aromatic carbocycles. The molecule has 7 heteroatoms. The Bertz CT molecular complexity index is 660. The quantitative estimate of drug-likeness (QED) is 0.587. The number of halogens is 2. The highest BCUT2D eigenvalue weighted by atomic mass is 35.5. The number of rotatable bonds is 4. The van der Waals surface area contributed by atoms with Crippen LogP contribution in [-0.4, -0.2) is 9.97 Å². The monoisotopic (exact) mass is 325 g/mol. The van der Waals surface area contributed by atoms with Crippen LogP contribution in [0.5, 0.6) is 0 Å². The molecule has 2 aromatic rings. The number of hydrazine groups is 1. The zero-order chi connectivity index (χ0) is 15.6. The number of hydrogen-bond donors (Lipinski definition) is 3. The molecule has 21 heavy (non-hydrogen) atoms. The zero-order valence-electron chi connectivity index (χ0n) is 12.0. The number of aromatic nitrogens is 2. The second-order valence-corrected chi connectivity index (χ2v) is 5.61. The molecule has 0 bridgehead atoms. The molecule has 5 nitrogen and oxygen atoms in total. The van der Waals surface area contributed by atoms with Crippen LogP contribution < -0.4 is 16.6 Å². The van der Waals surface area contributed by atoms with Crippen molar-refractivity contribution in [3.05, 3.63) is 45.2 Å². The smallest absolute Gasteiger partial charge is 0.148 e. The maximum atomic E-state index is 6.23. The SMILES string of the molecule is Cc1nc(NN)c(C)c(NC(C)c2ccc(Cl)cc2Cl)n1. The van der Waals surface area contributed by atoms with Crippen LogP contribution in [-0.2, 0) is 0 Å². The van der Waals surface area contributed by atoms with Crippen LogP contribution in [0, 0.1) is 13.8 Å². The topological polar surface area (TPSA) is 75.9 Å². The van der Waals surface area contributed by atoms with Crippen LogP contribution >= 0.6 is 23.2 Å². The van der Waals surface area contributed by atoms with Gasteiger partial charge in [0.25, 0.3) is 0 Å². The molecule has 0 aliphatic rings. The number of hydrogen-bond acceptors (Lipinski definition) is 5. The van der Waals surface area contributed by atoms with E-state index in [2.05, 4.69) is 20.7 Å². The molecular weight excluding hydrogens is 309 g/mol. The average Bonchev–Trinajstić information content (AvgIpc) is 2.42. The van der Waals surface area contributed by atoms with Crippen molar-refractivity contribution in [3.8, 4) is 0 Å². The van der Waals surface area contributed by atoms with Crippen LogP contribution in [0.1, 0.15) is 29.9 Å². The number of anilines is 2. The van der Waals surface area contributed by atoms with Crippen molar-refractivity contribution in [1.29, 1.82) is 0 Å². The molecule has 112 valence electrons. The first kappa shape index (κ1) is 15.8. The Balaban J connectivity index is 2.31. The van der Waals surface area contributed by atoms with Crippen molar-refractivity contribution in [2.24, 2.45) is 5.84 Å². The van der Waals surface area contributed by atoms with Gasteiger partial charge in [0, 0.05) is 15.6 Å². The summed E-state index contributed by atoms with van der Waals surface area (Å²) < 4.78 is 0. The molecule has 0 amide bonds. The first-order valence-corrected chi connectivity index (χ1v) is 7.21. The van der Waals surface area contributed by atoms with Gasteiger partial charge in [0.05, 0.1) is 6.04 Å². The Morgan fingerprint density at radius 1 is 1.14 bits per heavy atom. The van der Waals surface area contributed by atoms with Gasteiger partial charge in [-0.05, 0) is 38.5 Å². The summed E-state index contributed by atoms with van der Waals surface area (Å²) in [5.41, 5.74) is 4.36. The molecule has 0 aliphatic heterocycles. The lowest BCUT2D eigenvalue weighted by molar-refractivity contribution is 0.862. The summed E-state index contributed by atoms with van der Waals surface area (Å²) >= 11 is 12.2. The molecule has 0 saturated carbocycles. The first-order valence-electron chi connectivity index (χ1n) is 6.45. The maximum absolute atomic E-state index is 6.23. The normalized spacial score (nSPS) is 12.1. The Kier molecular flexibility index (Phi) is 4.88. The van der Waals surface area contributed by atoms with Crippen molar-refractivity contribution in [3.63, 3.8) is 0 Å². The van der Waals surface area contributed by atoms with Gasteiger partial charge < -0.3 is 10.7 Å². The number of nitrogens with one attached hydrogen (secondary N) is 2. The van der Waals surface area contributed by atoms with E-state index in [0.29, 0.717) is 27.5 Å². The van der Waals surface area contributed by atoms with Crippen LogP contribution in [0.4, 0.5) is 11.6 Å². The van der Waals surface area contributed by atoms with Crippen molar-refractivity contribution in [2.45, 2.75) is 26.8 Å². The second-order valence-electron chi connectivity index (χ2n) is 4.77. The van der Waals surface area contributed by atoms with E-state index in [4.69, 9.17) is 29.0 Å². The van der Waals surface area contributed by atoms with E-state index in [0.717, 1.165) is 11.1 Å². The molecule has 1 unspecified atom stereocenters. The third kappa shape index (κ3) is 3.56. The van der Waals surface area contributed by atoms with Gasteiger partial charge in [-0.25, -0.2) is 15.8 Å². The standard InChI is InChI=1S/C14H17Cl2N5/c1-7-13(19-9(3)20-14(7)21-17)18-8(2)11-5-4-10(15)6-12(11)16/h4-6,8H,17H2,1-3H3,(H2,18,19,20,21). The summed E-state index contributed by atoms with van der Waals surface area (Å²) in [7, 11) is 0. The fourth-order valence-corrected chi connectivity index (χ4v) is 2.62. The molecule has 0 aliphatic carbocycles. The minimum atomic E-state index is -0.0339. The highest BCUT2D eigenvalue weighted by Crippen LogP contribution is 2.29. The second kappa shape index (κ2) is 6.47. The largest absolute Gasteiger partial charge is 0.363 e. The Hall–Kier alpha value is -1.56. The van der Waals surface area contributed by atoms with Crippen molar-refractivity contribution in [1.82, 2.24) is 9.97 Å². The van der Waals surface area contributed by atoms with Crippen LogP contribution in [0.2, 0.25) is 10.0 Å². The zero-order valence-corrected chi connectivity index (χ0v) is 13.5. The molecule has 1 heterocycles. The number of nitrogens with two attached hydrogens (primary N) is 1. The summed E-state index contributed by atoms with van der Waals surface area (Å²) in [4.78, 5) is 8.64. The Morgan fingerprint density at radius 2 is 1.81 bits per heavy atom. The number of nitrogens with zero attached hydrogens (tertiary/aromatic N) is 2. The van der Waals surface area contributed by atoms with Gasteiger partial charge in [0.15, 0.2) is 0 Å². The molecule has 4 N–H and O–H groups in total. The molecular formula is C14H17Cl2N5. The predicted molar refractivity (Wildman–Crippen MR) is 87.8 cm³/mol. The molecule has 0 fully saturated rings. The van der Waals surface area contributed by atoms with Gasteiger partial charge in [0.2, 0.25) is 0 Å². The third-order valence-electron chi connectivity index (χ3n) is 3.18. The van der Waals surface area contributed by atoms with E-state index in [-0.39, 0.29) is 6.04 Å². The Morgan fingerprint density at radius 3 is 2.43 bits per heavy atom. The summed E-state index contributed by atoms with van der Waals surface area (Å²) in [5.74, 6) is 7.41. The lowest BCUT2D eigenvalue weighted by Crippen LogP contribution is -2.15. The van der Waals surface area contributed by atoms with E-state index in [9.17, 15) is 0 Å². The highest BCUT2D eigenvalue weighted by molar-refractivity contribution is 6.35. The molecule has 0 spiro atoms. The molecule has 1 atom stereocenters. The number of nitrogen functional groups attached to an aromatic ring is 1. The minimum absolute atomic E-state index is 0.0339. The maximum Gasteiger partial charge on any atom is 0.148 e. The number of benzene rings is 1. The highest BCUT2D eigenvalue weighted by Gasteiger charge is 2.14. The minimum Gasteiger partial charge on any atom is -0.363 e. The van der Waals surface area contributed by atoms with Crippen LogP contribution in [0.25, 0.3) is 0 Å². The molecule has 0 saturated heterocycles. The van der Waals surface area contributed by atoms with Gasteiger partial charge >= 0.3 is 0 Å².